The van der Waals surface area contributed by atoms with Crippen LogP contribution in [0.15, 0.2) is 30.3 Å². The molecule has 0 aromatic heterocycles. The third-order valence-corrected chi connectivity index (χ3v) is 5.26. The van der Waals surface area contributed by atoms with Crippen molar-refractivity contribution in [2.75, 3.05) is 40.4 Å². The zero-order valence-electron chi connectivity index (χ0n) is 16.8. The number of carbonyl (C=O) groups excluding carboxylic acids is 2. The fraction of sp³-hybridized carbons (Fsp3) is 0.300. The first-order valence-electron chi connectivity index (χ1n) is 9.20. The van der Waals surface area contributed by atoms with Crippen LogP contribution in [0.5, 0.6) is 11.5 Å². The molecule has 0 radical (unpaired) electrons. The predicted octanol–water partition coefficient (Wildman–Crippen LogP) is 3.00. The van der Waals surface area contributed by atoms with Gasteiger partial charge in [-0.25, -0.2) is 4.39 Å². The molecule has 1 aliphatic rings. The smallest absolute Gasteiger partial charge is 0.286 e. The summed E-state index contributed by atoms with van der Waals surface area (Å²) < 4.78 is 23.5. The fourth-order valence-electron chi connectivity index (χ4n) is 3.31. The summed E-state index contributed by atoms with van der Waals surface area (Å²) in [6.07, 6.45) is 0. The fourth-order valence-corrected chi connectivity index (χ4v) is 3.55. The van der Waals surface area contributed by atoms with Crippen LogP contribution in [0.2, 0.25) is 5.02 Å². The number of nitrogens with zero attached hydrogens (tertiary/aromatic N) is 3. The molecule has 164 valence electrons. The molecule has 11 heteroatoms. The molecule has 2 aromatic carbocycles. The zero-order valence-corrected chi connectivity index (χ0v) is 17.5. The van der Waals surface area contributed by atoms with Crippen LogP contribution in [-0.2, 0) is 0 Å². The van der Waals surface area contributed by atoms with Crippen molar-refractivity contribution < 1.29 is 28.4 Å². The van der Waals surface area contributed by atoms with Gasteiger partial charge in [-0.1, -0.05) is 11.6 Å². The van der Waals surface area contributed by atoms with Crippen molar-refractivity contribution in [3.63, 3.8) is 0 Å². The van der Waals surface area contributed by atoms with Gasteiger partial charge in [0.15, 0.2) is 11.5 Å². The van der Waals surface area contributed by atoms with Crippen LogP contribution in [0.3, 0.4) is 0 Å². The summed E-state index contributed by atoms with van der Waals surface area (Å²) in [5.41, 5.74) is -0.373. The molecule has 0 atom stereocenters. The molecule has 1 heterocycles. The molecule has 0 aliphatic carbocycles. The monoisotopic (exact) mass is 451 g/mol. The predicted molar refractivity (Wildman–Crippen MR) is 109 cm³/mol. The van der Waals surface area contributed by atoms with Crippen LogP contribution in [0.4, 0.5) is 10.1 Å². The maximum absolute atomic E-state index is 13.2. The zero-order chi connectivity index (χ0) is 22.7. The van der Waals surface area contributed by atoms with Crippen LogP contribution in [0.1, 0.15) is 20.7 Å². The number of ether oxygens (including phenoxy) is 2. The molecular weight excluding hydrogens is 433 g/mol. The molecule has 1 saturated heterocycles. The SMILES string of the molecule is COc1cc(C(=O)N2CCN(C(=O)c3ccc(F)cc3Cl)CC2)c([N+](=O)[O-])cc1OC. The summed E-state index contributed by atoms with van der Waals surface area (Å²) in [4.78, 5) is 39.4. The Morgan fingerprint density at radius 2 is 1.48 bits per heavy atom. The van der Waals surface area contributed by atoms with Gasteiger partial charge in [0.1, 0.15) is 11.4 Å². The number of nitro groups is 1. The second-order valence-corrected chi connectivity index (χ2v) is 7.10. The van der Waals surface area contributed by atoms with Crippen LogP contribution < -0.4 is 9.47 Å². The number of methoxy groups -OCH3 is 2. The maximum atomic E-state index is 13.2. The van der Waals surface area contributed by atoms with Crippen molar-refractivity contribution in [1.29, 1.82) is 0 Å². The van der Waals surface area contributed by atoms with Crippen molar-refractivity contribution in [2.24, 2.45) is 0 Å². The first kappa shape index (κ1) is 22.3. The molecule has 0 spiro atoms. The van der Waals surface area contributed by atoms with Gasteiger partial charge in [0, 0.05) is 32.2 Å². The van der Waals surface area contributed by atoms with Gasteiger partial charge in [0.2, 0.25) is 0 Å². The highest BCUT2D eigenvalue weighted by molar-refractivity contribution is 6.33. The summed E-state index contributed by atoms with van der Waals surface area (Å²) in [7, 11) is 2.70. The first-order chi connectivity index (χ1) is 14.8. The number of hydrogen-bond donors (Lipinski definition) is 0. The van der Waals surface area contributed by atoms with E-state index in [1.54, 1.807) is 0 Å². The van der Waals surface area contributed by atoms with E-state index in [0.717, 1.165) is 18.2 Å². The van der Waals surface area contributed by atoms with E-state index in [1.165, 1.54) is 36.2 Å². The average Bonchev–Trinajstić information content (AvgIpc) is 2.77. The molecular formula is C20H19ClFN3O6. The lowest BCUT2D eigenvalue weighted by molar-refractivity contribution is -0.385. The highest BCUT2D eigenvalue weighted by atomic mass is 35.5. The number of benzene rings is 2. The van der Waals surface area contributed by atoms with Crippen LogP contribution in [-0.4, -0.2) is 66.9 Å². The maximum Gasteiger partial charge on any atom is 0.286 e. The van der Waals surface area contributed by atoms with E-state index in [-0.39, 0.29) is 59.7 Å². The lowest BCUT2D eigenvalue weighted by Crippen LogP contribution is -2.50. The van der Waals surface area contributed by atoms with E-state index in [0.29, 0.717) is 0 Å². The number of halogens is 2. The van der Waals surface area contributed by atoms with Crippen molar-refractivity contribution >= 4 is 29.1 Å². The second-order valence-electron chi connectivity index (χ2n) is 6.69. The third kappa shape index (κ3) is 4.53. The van der Waals surface area contributed by atoms with E-state index in [9.17, 15) is 24.1 Å². The standard InChI is InChI=1S/C20H19ClFN3O6/c1-30-17-10-14(16(25(28)29)11-18(17)31-2)20(27)24-7-5-23(6-8-24)19(26)13-4-3-12(22)9-15(13)21/h3-4,9-11H,5-8H2,1-2H3. The molecule has 1 fully saturated rings. The van der Waals surface area contributed by atoms with Gasteiger partial charge in [-0.05, 0) is 18.2 Å². The third-order valence-electron chi connectivity index (χ3n) is 4.94. The van der Waals surface area contributed by atoms with E-state index in [4.69, 9.17) is 21.1 Å². The number of piperazine rings is 1. The molecule has 2 amide bonds. The Labute approximate surface area is 182 Å². The second kappa shape index (κ2) is 9.17. The summed E-state index contributed by atoms with van der Waals surface area (Å²) >= 11 is 5.97. The number of carbonyl (C=O) groups is 2. The molecule has 0 unspecified atom stereocenters. The largest absolute Gasteiger partial charge is 0.493 e. The Kier molecular flexibility index (Phi) is 6.59. The summed E-state index contributed by atoms with van der Waals surface area (Å²) in [5.74, 6) is -1.16. The Balaban J connectivity index is 1.77. The molecule has 1 aliphatic heterocycles. The summed E-state index contributed by atoms with van der Waals surface area (Å²) in [6, 6.07) is 5.93. The minimum atomic E-state index is -0.661. The minimum absolute atomic E-state index is 0.00413. The topological polar surface area (TPSA) is 102 Å². The quantitative estimate of drug-likeness (QED) is 0.511. The van der Waals surface area contributed by atoms with Crippen molar-refractivity contribution in [1.82, 2.24) is 9.80 Å². The lowest BCUT2D eigenvalue weighted by Gasteiger charge is -2.35. The molecule has 3 rings (SSSR count). The Morgan fingerprint density at radius 1 is 0.968 bits per heavy atom. The van der Waals surface area contributed by atoms with Crippen molar-refractivity contribution in [3.8, 4) is 11.5 Å². The van der Waals surface area contributed by atoms with Crippen LogP contribution in [0.25, 0.3) is 0 Å². The van der Waals surface area contributed by atoms with Crippen molar-refractivity contribution in [3.05, 3.63) is 62.4 Å². The number of rotatable bonds is 5. The van der Waals surface area contributed by atoms with E-state index < -0.39 is 22.3 Å². The number of amides is 2. The Hall–Kier alpha value is -3.40. The molecule has 0 N–H and O–H groups in total. The van der Waals surface area contributed by atoms with Gasteiger partial charge in [0.25, 0.3) is 17.5 Å². The number of hydrogen-bond acceptors (Lipinski definition) is 6. The van der Waals surface area contributed by atoms with Gasteiger partial charge < -0.3 is 19.3 Å². The number of nitro benzene ring substituents is 1. The molecule has 9 nitrogen and oxygen atoms in total. The van der Waals surface area contributed by atoms with Gasteiger partial charge in [-0.2, -0.15) is 0 Å². The normalized spacial score (nSPS) is 13.7. The minimum Gasteiger partial charge on any atom is -0.493 e. The lowest BCUT2D eigenvalue weighted by atomic mass is 10.1. The molecule has 2 aromatic rings. The highest BCUT2D eigenvalue weighted by Crippen LogP contribution is 2.35. The van der Waals surface area contributed by atoms with E-state index in [1.807, 2.05) is 0 Å². The Bertz CT molecular complexity index is 1040. The van der Waals surface area contributed by atoms with Gasteiger partial charge in [-0.3, -0.25) is 19.7 Å². The van der Waals surface area contributed by atoms with Crippen LogP contribution >= 0.6 is 11.6 Å². The van der Waals surface area contributed by atoms with Gasteiger partial charge >= 0.3 is 0 Å². The van der Waals surface area contributed by atoms with Gasteiger partial charge in [-0.15, -0.1) is 0 Å². The Morgan fingerprint density at radius 3 is 1.97 bits per heavy atom. The summed E-state index contributed by atoms with van der Waals surface area (Å²) in [5, 5.41) is 11.5. The average molecular weight is 452 g/mol. The van der Waals surface area contributed by atoms with E-state index >= 15 is 0 Å². The highest BCUT2D eigenvalue weighted by Gasteiger charge is 2.31. The molecule has 0 bridgehead atoms. The first-order valence-corrected chi connectivity index (χ1v) is 9.58. The molecule has 0 saturated carbocycles. The van der Waals surface area contributed by atoms with Gasteiger partial charge in [0.05, 0.1) is 35.8 Å². The van der Waals surface area contributed by atoms with Crippen LogP contribution in [0, 0.1) is 15.9 Å². The van der Waals surface area contributed by atoms with E-state index in [2.05, 4.69) is 0 Å². The van der Waals surface area contributed by atoms with Crippen molar-refractivity contribution in [2.45, 2.75) is 0 Å². The summed E-state index contributed by atoms with van der Waals surface area (Å²) in [6.45, 7) is 0.711. The molecule has 31 heavy (non-hydrogen) atoms.